The lowest BCUT2D eigenvalue weighted by Crippen LogP contribution is -2.45. The molecule has 3 N–H and O–H groups in total. The minimum Gasteiger partial charge on any atom is -0.352 e. The summed E-state index contributed by atoms with van der Waals surface area (Å²) in [5.74, 6) is 0. The summed E-state index contributed by atoms with van der Waals surface area (Å²) in [6, 6.07) is 9.51. The minimum atomic E-state index is -0.468. The lowest BCUT2D eigenvalue weighted by Gasteiger charge is -2.34. The van der Waals surface area contributed by atoms with Gasteiger partial charge in [0.1, 0.15) is 6.17 Å². The molecule has 1 aromatic rings. The van der Waals surface area contributed by atoms with Crippen LogP contribution >= 0.6 is 0 Å². The molecule has 1 fully saturated rings. The second-order valence-electron chi connectivity index (χ2n) is 4.42. The van der Waals surface area contributed by atoms with Gasteiger partial charge in [0.2, 0.25) is 0 Å². The Kier molecular flexibility index (Phi) is 3.98. The van der Waals surface area contributed by atoms with E-state index in [1.807, 2.05) is 30.3 Å². The van der Waals surface area contributed by atoms with Crippen LogP contribution in [0.25, 0.3) is 0 Å². The second-order valence-corrected chi connectivity index (χ2v) is 4.42. The third-order valence-corrected chi connectivity index (χ3v) is 3.15. The highest BCUT2D eigenvalue weighted by Gasteiger charge is 2.22. The number of carbonyl (C=O) groups is 1. The number of nitrogens with two attached hydrogens (primary N) is 1. The van der Waals surface area contributed by atoms with Crippen LogP contribution in [0.5, 0.6) is 0 Å². The van der Waals surface area contributed by atoms with E-state index in [0.29, 0.717) is 0 Å². The molecule has 2 rings (SSSR count). The molecule has 2 amide bonds. The zero-order valence-corrected chi connectivity index (χ0v) is 9.93. The Hall–Kier alpha value is -1.55. The Morgan fingerprint density at radius 2 is 1.82 bits per heavy atom. The number of hydrogen-bond donors (Lipinski definition) is 2. The first-order valence-corrected chi connectivity index (χ1v) is 6.12. The maximum absolute atomic E-state index is 11.1. The fraction of sp³-hybridized carbons (Fsp3) is 0.462. The van der Waals surface area contributed by atoms with E-state index in [1.54, 1.807) is 0 Å². The summed E-state index contributed by atoms with van der Waals surface area (Å²) in [6.45, 7) is 2.03. The molecule has 0 spiro atoms. The molecule has 0 bridgehead atoms. The van der Waals surface area contributed by atoms with Crippen molar-refractivity contribution in [1.82, 2.24) is 10.2 Å². The number of primary amides is 1. The van der Waals surface area contributed by atoms with Crippen LogP contribution in [-0.2, 0) is 0 Å². The van der Waals surface area contributed by atoms with Crippen LogP contribution < -0.4 is 11.1 Å². The number of nitrogens with one attached hydrogen (secondary N) is 1. The first kappa shape index (κ1) is 11.9. The zero-order valence-electron chi connectivity index (χ0n) is 9.93. The fourth-order valence-electron chi connectivity index (χ4n) is 2.33. The Labute approximate surface area is 102 Å². The highest BCUT2D eigenvalue weighted by atomic mass is 16.2. The number of piperidine rings is 1. The zero-order chi connectivity index (χ0) is 12.1. The normalized spacial score (nSPS) is 18.6. The standard InChI is InChI=1S/C13H19N3O/c14-13(17)15-12(11-7-3-1-4-8-11)16-9-5-2-6-10-16/h1,3-4,7-8,12H,2,5-6,9-10H2,(H3,14,15,17). The van der Waals surface area contributed by atoms with E-state index in [0.717, 1.165) is 18.7 Å². The molecule has 1 heterocycles. The molecule has 0 radical (unpaired) electrons. The Morgan fingerprint density at radius 3 is 2.41 bits per heavy atom. The highest BCUT2D eigenvalue weighted by Crippen LogP contribution is 2.21. The predicted octanol–water partition coefficient (Wildman–Crippen LogP) is 1.84. The number of rotatable bonds is 3. The van der Waals surface area contributed by atoms with E-state index in [1.165, 1.54) is 19.3 Å². The van der Waals surface area contributed by atoms with E-state index in [2.05, 4.69) is 10.2 Å². The topological polar surface area (TPSA) is 58.4 Å². The lowest BCUT2D eigenvalue weighted by atomic mass is 10.1. The summed E-state index contributed by atoms with van der Waals surface area (Å²) in [6.07, 6.45) is 3.55. The highest BCUT2D eigenvalue weighted by molar-refractivity contribution is 5.72. The van der Waals surface area contributed by atoms with Gasteiger partial charge in [0.25, 0.3) is 0 Å². The van der Waals surface area contributed by atoms with Crippen LogP contribution in [0.4, 0.5) is 4.79 Å². The van der Waals surface area contributed by atoms with Gasteiger partial charge in [-0.1, -0.05) is 36.8 Å². The Bertz CT molecular complexity index is 360. The minimum absolute atomic E-state index is 0.0889. The fourth-order valence-corrected chi connectivity index (χ4v) is 2.33. The van der Waals surface area contributed by atoms with E-state index >= 15 is 0 Å². The largest absolute Gasteiger partial charge is 0.352 e. The second kappa shape index (κ2) is 5.68. The van der Waals surface area contributed by atoms with Crippen LogP contribution in [0.3, 0.4) is 0 Å². The number of likely N-dealkylation sites (tertiary alicyclic amines) is 1. The quantitative estimate of drug-likeness (QED) is 0.837. The van der Waals surface area contributed by atoms with Crippen molar-refractivity contribution >= 4 is 6.03 Å². The van der Waals surface area contributed by atoms with Crippen molar-refractivity contribution in [3.63, 3.8) is 0 Å². The summed E-state index contributed by atoms with van der Waals surface area (Å²) in [5, 5.41) is 2.83. The average Bonchev–Trinajstić information content (AvgIpc) is 2.38. The van der Waals surface area contributed by atoms with Crippen molar-refractivity contribution < 1.29 is 4.79 Å². The maximum Gasteiger partial charge on any atom is 0.313 e. The number of hydrogen-bond acceptors (Lipinski definition) is 2. The monoisotopic (exact) mass is 233 g/mol. The van der Waals surface area contributed by atoms with Gasteiger partial charge in [0.05, 0.1) is 0 Å². The molecule has 17 heavy (non-hydrogen) atoms. The molecule has 4 nitrogen and oxygen atoms in total. The SMILES string of the molecule is NC(=O)NC(c1ccccc1)N1CCCCC1. The average molecular weight is 233 g/mol. The van der Waals surface area contributed by atoms with Crippen LogP contribution in [0.15, 0.2) is 30.3 Å². The summed E-state index contributed by atoms with van der Waals surface area (Å²) < 4.78 is 0. The molecule has 4 heteroatoms. The molecule has 1 atom stereocenters. The molecule has 1 aromatic carbocycles. The number of urea groups is 1. The summed E-state index contributed by atoms with van der Waals surface area (Å²) in [5.41, 5.74) is 6.35. The Morgan fingerprint density at radius 1 is 1.18 bits per heavy atom. The van der Waals surface area contributed by atoms with Gasteiger partial charge in [-0.2, -0.15) is 0 Å². The van der Waals surface area contributed by atoms with Gasteiger partial charge in [-0.25, -0.2) is 4.79 Å². The smallest absolute Gasteiger partial charge is 0.313 e. The number of amides is 2. The van der Waals surface area contributed by atoms with Crippen molar-refractivity contribution in [2.45, 2.75) is 25.4 Å². The molecule has 0 aromatic heterocycles. The van der Waals surface area contributed by atoms with E-state index < -0.39 is 6.03 Å². The third kappa shape index (κ3) is 3.20. The van der Waals surface area contributed by atoms with Gasteiger partial charge >= 0.3 is 6.03 Å². The van der Waals surface area contributed by atoms with E-state index in [4.69, 9.17) is 5.73 Å². The van der Waals surface area contributed by atoms with Gasteiger partial charge < -0.3 is 11.1 Å². The molecule has 0 saturated carbocycles. The predicted molar refractivity (Wildman–Crippen MR) is 67.3 cm³/mol. The van der Waals surface area contributed by atoms with Gasteiger partial charge in [0, 0.05) is 13.1 Å². The maximum atomic E-state index is 11.1. The number of carbonyl (C=O) groups excluding carboxylic acids is 1. The van der Waals surface area contributed by atoms with Crippen molar-refractivity contribution in [2.75, 3.05) is 13.1 Å². The van der Waals surface area contributed by atoms with Crippen molar-refractivity contribution in [3.05, 3.63) is 35.9 Å². The molecule has 1 aliphatic heterocycles. The molecular weight excluding hydrogens is 214 g/mol. The van der Waals surface area contributed by atoms with Crippen molar-refractivity contribution in [3.8, 4) is 0 Å². The van der Waals surface area contributed by atoms with Crippen LogP contribution in [0, 0.1) is 0 Å². The summed E-state index contributed by atoms with van der Waals surface area (Å²) >= 11 is 0. The van der Waals surface area contributed by atoms with Gasteiger partial charge in [-0.3, -0.25) is 4.90 Å². The van der Waals surface area contributed by atoms with Gasteiger partial charge in [0.15, 0.2) is 0 Å². The first-order valence-electron chi connectivity index (χ1n) is 6.12. The van der Waals surface area contributed by atoms with Crippen molar-refractivity contribution in [2.24, 2.45) is 5.73 Å². The summed E-state index contributed by atoms with van der Waals surface area (Å²) in [4.78, 5) is 13.4. The Balaban J connectivity index is 2.15. The molecular formula is C13H19N3O. The molecule has 1 unspecified atom stereocenters. The molecule has 1 saturated heterocycles. The summed E-state index contributed by atoms with van der Waals surface area (Å²) in [7, 11) is 0. The van der Waals surface area contributed by atoms with Crippen LogP contribution in [0.2, 0.25) is 0 Å². The van der Waals surface area contributed by atoms with Crippen LogP contribution in [-0.4, -0.2) is 24.0 Å². The molecule has 0 aliphatic carbocycles. The molecule has 1 aliphatic rings. The van der Waals surface area contributed by atoms with E-state index in [9.17, 15) is 4.79 Å². The van der Waals surface area contributed by atoms with Crippen molar-refractivity contribution in [1.29, 1.82) is 0 Å². The number of nitrogens with zero attached hydrogens (tertiary/aromatic N) is 1. The van der Waals surface area contributed by atoms with E-state index in [-0.39, 0.29) is 6.17 Å². The van der Waals surface area contributed by atoms with Gasteiger partial charge in [-0.15, -0.1) is 0 Å². The van der Waals surface area contributed by atoms with Crippen LogP contribution in [0.1, 0.15) is 31.0 Å². The first-order chi connectivity index (χ1) is 8.27. The van der Waals surface area contributed by atoms with Gasteiger partial charge in [-0.05, 0) is 18.4 Å². The molecule has 92 valence electrons. The third-order valence-electron chi connectivity index (χ3n) is 3.15. The number of benzene rings is 1. The lowest BCUT2D eigenvalue weighted by molar-refractivity contribution is 0.141.